The molecule has 1 aromatic carbocycles. The average molecular weight is 309 g/mol. The first-order valence-electron chi connectivity index (χ1n) is 7.88. The fourth-order valence-electron chi connectivity index (χ4n) is 2.98. The van der Waals surface area contributed by atoms with Crippen molar-refractivity contribution in [2.45, 2.75) is 32.4 Å². The summed E-state index contributed by atoms with van der Waals surface area (Å²) in [6.45, 7) is 2.54. The molecule has 118 valence electrons. The van der Waals surface area contributed by atoms with Crippen LogP contribution >= 0.6 is 0 Å². The molecule has 0 bridgehead atoms. The van der Waals surface area contributed by atoms with E-state index in [9.17, 15) is 4.79 Å². The first kappa shape index (κ1) is 14.1. The van der Waals surface area contributed by atoms with Crippen molar-refractivity contribution in [2.24, 2.45) is 0 Å². The number of methoxy groups -OCH3 is 1. The van der Waals surface area contributed by atoms with E-state index in [0.717, 1.165) is 35.4 Å². The molecule has 23 heavy (non-hydrogen) atoms. The van der Waals surface area contributed by atoms with Crippen molar-refractivity contribution in [1.82, 2.24) is 14.3 Å². The van der Waals surface area contributed by atoms with Crippen LogP contribution in [0.5, 0.6) is 5.75 Å². The topological polar surface area (TPSA) is 49.0 Å². The Bertz CT molecular complexity index is 918. The van der Waals surface area contributed by atoms with Crippen LogP contribution in [0.25, 0.3) is 10.9 Å². The molecule has 5 nitrogen and oxygen atoms in total. The highest BCUT2D eigenvalue weighted by Gasteiger charge is 2.26. The van der Waals surface area contributed by atoms with Crippen molar-refractivity contribution in [2.75, 3.05) is 7.11 Å². The van der Waals surface area contributed by atoms with Gasteiger partial charge in [0.25, 0.3) is 5.56 Å². The summed E-state index contributed by atoms with van der Waals surface area (Å²) >= 11 is 0. The van der Waals surface area contributed by atoms with Gasteiger partial charge in [-0.2, -0.15) is 5.10 Å². The van der Waals surface area contributed by atoms with Crippen LogP contribution < -0.4 is 10.3 Å². The Morgan fingerprint density at radius 3 is 2.65 bits per heavy atom. The number of pyridine rings is 1. The molecular formula is C18H19N3O2. The zero-order valence-electron chi connectivity index (χ0n) is 13.3. The number of aromatic nitrogens is 3. The quantitative estimate of drug-likeness (QED) is 0.744. The molecule has 0 unspecified atom stereocenters. The highest BCUT2D eigenvalue weighted by molar-refractivity contribution is 5.78. The standard InChI is InChI=1S/C18H19N3O2/c1-12-9-17-16(10-19-21(17)14-5-6-14)18(22)20(12)11-13-3-7-15(23-2)8-4-13/h3-4,7-10,14H,5-6,11H2,1-2H3. The van der Waals surface area contributed by atoms with E-state index in [1.54, 1.807) is 13.3 Å². The maximum absolute atomic E-state index is 12.8. The molecule has 5 heteroatoms. The highest BCUT2D eigenvalue weighted by Crippen LogP contribution is 2.36. The third-order valence-electron chi connectivity index (χ3n) is 4.47. The number of hydrogen-bond donors (Lipinski definition) is 0. The van der Waals surface area contributed by atoms with Crippen molar-refractivity contribution in [3.8, 4) is 5.75 Å². The van der Waals surface area contributed by atoms with Gasteiger partial charge in [-0.3, -0.25) is 9.48 Å². The lowest BCUT2D eigenvalue weighted by molar-refractivity contribution is 0.414. The lowest BCUT2D eigenvalue weighted by atomic mass is 10.2. The van der Waals surface area contributed by atoms with E-state index in [4.69, 9.17) is 4.74 Å². The predicted molar refractivity (Wildman–Crippen MR) is 89.1 cm³/mol. The zero-order valence-corrected chi connectivity index (χ0v) is 13.3. The van der Waals surface area contributed by atoms with Crippen LogP contribution in [0, 0.1) is 6.92 Å². The molecule has 0 radical (unpaired) electrons. The van der Waals surface area contributed by atoms with Crippen LogP contribution in [0.15, 0.2) is 41.3 Å². The third-order valence-corrected chi connectivity index (χ3v) is 4.47. The lowest BCUT2D eigenvalue weighted by Crippen LogP contribution is -2.22. The van der Waals surface area contributed by atoms with E-state index < -0.39 is 0 Å². The average Bonchev–Trinajstić information content (AvgIpc) is 3.32. The van der Waals surface area contributed by atoms with Crippen molar-refractivity contribution in [1.29, 1.82) is 0 Å². The fraction of sp³-hybridized carbons (Fsp3) is 0.333. The minimum Gasteiger partial charge on any atom is -0.497 e. The molecule has 4 rings (SSSR count). The number of fused-ring (bicyclic) bond motifs is 1. The Hall–Kier alpha value is -2.56. The van der Waals surface area contributed by atoms with Gasteiger partial charge < -0.3 is 9.30 Å². The highest BCUT2D eigenvalue weighted by atomic mass is 16.5. The summed E-state index contributed by atoms with van der Waals surface area (Å²) in [5.41, 5.74) is 3.02. The minimum atomic E-state index is 0.0303. The number of hydrogen-bond acceptors (Lipinski definition) is 3. The van der Waals surface area contributed by atoms with Gasteiger partial charge in [0.1, 0.15) is 5.75 Å². The number of ether oxygens (including phenoxy) is 1. The largest absolute Gasteiger partial charge is 0.497 e. The van der Waals surface area contributed by atoms with Crippen LogP contribution in [0.4, 0.5) is 0 Å². The molecule has 0 atom stereocenters. The van der Waals surface area contributed by atoms with Gasteiger partial charge in [-0.05, 0) is 43.5 Å². The van der Waals surface area contributed by atoms with Gasteiger partial charge in [0.2, 0.25) is 0 Å². The van der Waals surface area contributed by atoms with E-state index in [-0.39, 0.29) is 5.56 Å². The van der Waals surface area contributed by atoms with Gasteiger partial charge in [-0.1, -0.05) is 12.1 Å². The molecule has 1 fully saturated rings. The van der Waals surface area contributed by atoms with Gasteiger partial charge in [-0.25, -0.2) is 0 Å². The number of nitrogens with zero attached hydrogens (tertiary/aromatic N) is 3. The van der Waals surface area contributed by atoms with E-state index in [0.29, 0.717) is 18.0 Å². The molecule has 1 saturated carbocycles. The zero-order chi connectivity index (χ0) is 16.0. The first-order valence-corrected chi connectivity index (χ1v) is 7.88. The second-order valence-electron chi connectivity index (χ2n) is 6.14. The van der Waals surface area contributed by atoms with Crippen LogP contribution in [-0.2, 0) is 6.54 Å². The van der Waals surface area contributed by atoms with Crippen molar-refractivity contribution in [3.63, 3.8) is 0 Å². The molecule has 0 spiro atoms. The van der Waals surface area contributed by atoms with Crippen LogP contribution in [0.2, 0.25) is 0 Å². The van der Waals surface area contributed by atoms with Crippen LogP contribution in [0.1, 0.15) is 30.1 Å². The number of rotatable bonds is 4. The molecule has 0 N–H and O–H groups in total. The van der Waals surface area contributed by atoms with Gasteiger partial charge >= 0.3 is 0 Å². The maximum Gasteiger partial charge on any atom is 0.262 e. The number of benzene rings is 1. The summed E-state index contributed by atoms with van der Waals surface area (Å²) in [5, 5.41) is 5.12. The molecule has 1 aliphatic rings. The monoisotopic (exact) mass is 309 g/mol. The Balaban J connectivity index is 1.75. The Kier molecular flexibility index (Phi) is 3.22. The number of aryl methyl sites for hydroxylation is 1. The minimum absolute atomic E-state index is 0.0303. The summed E-state index contributed by atoms with van der Waals surface area (Å²) in [7, 11) is 1.65. The van der Waals surface area contributed by atoms with E-state index in [1.165, 1.54) is 0 Å². The van der Waals surface area contributed by atoms with Gasteiger partial charge in [0.15, 0.2) is 0 Å². The normalized spacial score (nSPS) is 14.3. The Labute approximate surface area is 134 Å². The van der Waals surface area contributed by atoms with Crippen molar-refractivity contribution in [3.05, 3.63) is 58.1 Å². The SMILES string of the molecule is COc1ccc(Cn2c(C)cc3c(cnn3C3CC3)c2=O)cc1. The van der Waals surface area contributed by atoms with Crippen LogP contribution in [0.3, 0.4) is 0 Å². The molecule has 2 heterocycles. The summed E-state index contributed by atoms with van der Waals surface area (Å²) in [6.07, 6.45) is 4.02. The van der Waals surface area contributed by atoms with Gasteiger partial charge in [0.05, 0.1) is 36.8 Å². The Morgan fingerprint density at radius 1 is 1.26 bits per heavy atom. The summed E-state index contributed by atoms with van der Waals surface area (Å²) < 4.78 is 8.99. The molecule has 0 amide bonds. The van der Waals surface area contributed by atoms with Crippen molar-refractivity contribution < 1.29 is 4.74 Å². The van der Waals surface area contributed by atoms with Crippen LogP contribution in [-0.4, -0.2) is 21.5 Å². The third kappa shape index (κ3) is 2.42. The molecule has 0 saturated heterocycles. The summed E-state index contributed by atoms with van der Waals surface area (Å²) in [5.74, 6) is 0.819. The smallest absolute Gasteiger partial charge is 0.262 e. The molecule has 3 aromatic rings. The van der Waals surface area contributed by atoms with Crippen molar-refractivity contribution >= 4 is 10.9 Å². The fourth-order valence-corrected chi connectivity index (χ4v) is 2.98. The first-order chi connectivity index (χ1) is 11.2. The summed E-state index contributed by atoms with van der Waals surface area (Å²) in [6, 6.07) is 10.4. The predicted octanol–water partition coefficient (Wildman–Crippen LogP) is 2.90. The second kappa shape index (κ2) is 5.26. The maximum atomic E-state index is 12.8. The lowest BCUT2D eigenvalue weighted by Gasteiger charge is -2.11. The molecular weight excluding hydrogens is 290 g/mol. The molecule has 1 aliphatic carbocycles. The van der Waals surface area contributed by atoms with E-state index in [2.05, 4.69) is 11.2 Å². The van der Waals surface area contributed by atoms with E-state index in [1.807, 2.05) is 40.4 Å². The Morgan fingerprint density at radius 2 is 2.00 bits per heavy atom. The van der Waals surface area contributed by atoms with Gasteiger partial charge in [-0.15, -0.1) is 0 Å². The molecule has 0 aliphatic heterocycles. The second-order valence-corrected chi connectivity index (χ2v) is 6.14. The molecule has 2 aromatic heterocycles. The summed E-state index contributed by atoms with van der Waals surface area (Å²) in [4.78, 5) is 12.8. The van der Waals surface area contributed by atoms with E-state index >= 15 is 0 Å². The van der Waals surface area contributed by atoms with Gasteiger partial charge in [0, 0.05) is 5.69 Å².